The lowest BCUT2D eigenvalue weighted by atomic mass is 10.2. The third kappa shape index (κ3) is 5.23. The number of hydrogen-bond acceptors (Lipinski definition) is 7. The summed E-state index contributed by atoms with van der Waals surface area (Å²) < 4.78 is 17.0. The molecule has 0 aliphatic carbocycles. The van der Waals surface area contributed by atoms with E-state index >= 15 is 0 Å². The molecule has 0 bridgehead atoms. The van der Waals surface area contributed by atoms with Crippen LogP contribution in [0.1, 0.15) is 32.7 Å². The van der Waals surface area contributed by atoms with Gasteiger partial charge in [0, 0.05) is 36.6 Å². The molecule has 10 heteroatoms. The third-order valence-electron chi connectivity index (χ3n) is 5.51. The normalized spacial score (nSPS) is 16.5. The first kappa shape index (κ1) is 22.8. The standard InChI is InChI=1S/C25H22N4O5S/c30-22(17-6-8-19(26-15-17)23(31)29-10-12-32-13-11-29)28-25(35)27-18-7-9-20-21(14-18)34-24(33-20)16-4-2-1-3-5-16/h1-9,14-15,24H,10-13H2,(H2,27,28,30,35). The van der Waals surface area contributed by atoms with Crippen LogP contribution in [-0.2, 0) is 4.74 Å². The lowest BCUT2D eigenvalue weighted by molar-refractivity contribution is 0.0299. The maximum absolute atomic E-state index is 12.6. The minimum atomic E-state index is -0.515. The van der Waals surface area contributed by atoms with Gasteiger partial charge < -0.3 is 24.4 Å². The van der Waals surface area contributed by atoms with Crippen molar-refractivity contribution in [2.24, 2.45) is 0 Å². The highest BCUT2D eigenvalue weighted by Crippen LogP contribution is 2.41. The molecule has 1 aromatic heterocycles. The molecule has 1 unspecified atom stereocenters. The van der Waals surface area contributed by atoms with Crippen LogP contribution in [0.3, 0.4) is 0 Å². The first-order valence-corrected chi connectivity index (χ1v) is 11.5. The molecule has 2 N–H and O–H groups in total. The average Bonchev–Trinajstić information content (AvgIpc) is 3.33. The minimum Gasteiger partial charge on any atom is -0.447 e. The molecule has 9 nitrogen and oxygen atoms in total. The van der Waals surface area contributed by atoms with Gasteiger partial charge in [-0.25, -0.2) is 0 Å². The molecule has 0 radical (unpaired) electrons. The van der Waals surface area contributed by atoms with Crippen LogP contribution in [0.5, 0.6) is 11.5 Å². The molecule has 1 saturated heterocycles. The first-order chi connectivity index (χ1) is 17.1. The summed E-state index contributed by atoms with van der Waals surface area (Å²) in [7, 11) is 0. The number of nitrogens with zero attached hydrogens (tertiary/aromatic N) is 2. The summed E-state index contributed by atoms with van der Waals surface area (Å²) in [5.41, 5.74) is 2.10. The minimum absolute atomic E-state index is 0.113. The molecule has 0 spiro atoms. The van der Waals surface area contributed by atoms with Gasteiger partial charge in [-0.05, 0) is 36.5 Å². The number of hydrogen-bond donors (Lipinski definition) is 2. The van der Waals surface area contributed by atoms with E-state index in [0.29, 0.717) is 43.5 Å². The van der Waals surface area contributed by atoms with E-state index in [9.17, 15) is 9.59 Å². The Labute approximate surface area is 207 Å². The number of pyridine rings is 1. The average molecular weight is 491 g/mol. The molecule has 3 aromatic rings. The van der Waals surface area contributed by atoms with Crippen LogP contribution in [0, 0.1) is 0 Å². The fraction of sp³-hybridized carbons (Fsp3) is 0.200. The molecule has 2 aromatic carbocycles. The highest BCUT2D eigenvalue weighted by molar-refractivity contribution is 7.80. The lowest BCUT2D eigenvalue weighted by Gasteiger charge is -2.26. The van der Waals surface area contributed by atoms with Crippen LogP contribution in [0.15, 0.2) is 66.9 Å². The summed E-state index contributed by atoms with van der Waals surface area (Å²) in [6, 6.07) is 18.0. The second kappa shape index (κ2) is 10.1. The number of carbonyl (C=O) groups excluding carboxylic acids is 2. The Kier molecular flexibility index (Phi) is 6.55. The molecule has 178 valence electrons. The highest BCUT2D eigenvalue weighted by atomic mass is 32.1. The second-order valence-electron chi connectivity index (χ2n) is 7.88. The summed E-state index contributed by atoms with van der Waals surface area (Å²) >= 11 is 5.28. The second-order valence-corrected chi connectivity index (χ2v) is 8.29. The number of fused-ring (bicyclic) bond motifs is 1. The molecule has 5 rings (SSSR count). The molecule has 2 aliphatic rings. The number of morpholine rings is 1. The number of carbonyl (C=O) groups is 2. The van der Waals surface area contributed by atoms with Gasteiger partial charge in [0.15, 0.2) is 16.6 Å². The van der Waals surface area contributed by atoms with Crippen molar-refractivity contribution in [3.63, 3.8) is 0 Å². The number of thiocarbonyl (C=S) groups is 1. The van der Waals surface area contributed by atoms with E-state index in [1.165, 1.54) is 12.3 Å². The van der Waals surface area contributed by atoms with Crippen molar-refractivity contribution in [3.05, 3.63) is 83.7 Å². The van der Waals surface area contributed by atoms with E-state index in [1.807, 2.05) is 30.3 Å². The van der Waals surface area contributed by atoms with Gasteiger partial charge in [0.05, 0.1) is 18.8 Å². The summed E-state index contributed by atoms with van der Waals surface area (Å²) in [4.78, 5) is 30.9. The van der Waals surface area contributed by atoms with Gasteiger partial charge in [-0.1, -0.05) is 30.3 Å². The Bertz CT molecular complexity index is 1250. The highest BCUT2D eigenvalue weighted by Gasteiger charge is 2.26. The van der Waals surface area contributed by atoms with Crippen molar-refractivity contribution in [2.75, 3.05) is 31.6 Å². The van der Waals surface area contributed by atoms with Crippen LogP contribution in [-0.4, -0.2) is 53.1 Å². The number of amides is 2. The molecule has 2 amide bonds. The molecule has 35 heavy (non-hydrogen) atoms. The number of benzene rings is 2. The number of aromatic nitrogens is 1. The molecule has 2 aliphatic heterocycles. The van der Waals surface area contributed by atoms with E-state index in [0.717, 1.165) is 5.56 Å². The van der Waals surface area contributed by atoms with Gasteiger partial charge >= 0.3 is 0 Å². The number of ether oxygens (including phenoxy) is 3. The predicted octanol–water partition coefficient (Wildman–Crippen LogP) is 3.15. The van der Waals surface area contributed by atoms with Crippen molar-refractivity contribution < 1.29 is 23.8 Å². The van der Waals surface area contributed by atoms with Crippen molar-refractivity contribution in [3.8, 4) is 11.5 Å². The summed E-state index contributed by atoms with van der Waals surface area (Å²) in [5.74, 6) is 0.569. The Hall–Kier alpha value is -4.02. The van der Waals surface area contributed by atoms with E-state index < -0.39 is 12.2 Å². The van der Waals surface area contributed by atoms with Crippen LogP contribution >= 0.6 is 12.2 Å². The van der Waals surface area contributed by atoms with Gasteiger partial charge in [-0.3, -0.25) is 19.9 Å². The number of rotatable bonds is 4. The van der Waals surface area contributed by atoms with Crippen LogP contribution in [0.25, 0.3) is 0 Å². The van der Waals surface area contributed by atoms with Crippen molar-refractivity contribution in [2.45, 2.75) is 6.29 Å². The van der Waals surface area contributed by atoms with E-state index in [1.54, 1.807) is 29.2 Å². The van der Waals surface area contributed by atoms with Crippen LogP contribution in [0.4, 0.5) is 5.69 Å². The largest absolute Gasteiger partial charge is 0.447 e. The van der Waals surface area contributed by atoms with Gasteiger partial charge in [0.25, 0.3) is 18.1 Å². The maximum Gasteiger partial charge on any atom is 0.272 e. The Morgan fingerprint density at radius 1 is 0.971 bits per heavy atom. The number of nitrogens with one attached hydrogen (secondary N) is 2. The fourth-order valence-corrected chi connectivity index (χ4v) is 3.91. The SMILES string of the molecule is O=C(NC(=S)Nc1ccc2c(c1)OC(c1ccccc1)O2)c1ccc(C(=O)N2CCOCC2)nc1. The van der Waals surface area contributed by atoms with Crippen molar-refractivity contribution in [1.29, 1.82) is 0 Å². The Morgan fingerprint density at radius 2 is 1.74 bits per heavy atom. The Balaban J connectivity index is 1.17. The third-order valence-corrected chi connectivity index (χ3v) is 5.72. The van der Waals surface area contributed by atoms with Crippen molar-refractivity contribution in [1.82, 2.24) is 15.2 Å². The molecule has 1 fully saturated rings. The maximum atomic E-state index is 12.6. The lowest BCUT2D eigenvalue weighted by Crippen LogP contribution is -2.41. The number of anilines is 1. The fourth-order valence-electron chi connectivity index (χ4n) is 3.70. The van der Waals surface area contributed by atoms with Gasteiger partial charge in [-0.15, -0.1) is 0 Å². The first-order valence-electron chi connectivity index (χ1n) is 11.0. The predicted molar refractivity (Wildman–Crippen MR) is 132 cm³/mol. The summed E-state index contributed by atoms with van der Waals surface area (Å²) in [6.07, 6.45) is 0.842. The van der Waals surface area contributed by atoms with Crippen molar-refractivity contribution >= 4 is 34.8 Å². The van der Waals surface area contributed by atoms with Gasteiger partial charge in [0.2, 0.25) is 0 Å². The molecule has 1 atom stereocenters. The summed E-state index contributed by atoms with van der Waals surface area (Å²) in [6.45, 7) is 2.06. The zero-order chi connectivity index (χ0) is 24.2. The molecular weight excluding hydrogens is 468 g/mol. The van der Waals surface area contributed by atoms with Crippen LogP contribution in [0.2, 0.25) is 0 Å². The van der Waals surface area contributed by atoms with Gasteiger partial charge in [0.1, 0.15) is 5.69 Å². The Morgan fingerprint density at radius 3 is 2.49 bits per heavy atom. The molecule has 3 heterocycles. The van der Waals surface area contributed by atoms with Gasteiger partial charge in [-0.2, -0.15) is 0 Å². The van der Waals surface area contributed by atoms with E-state index in [4.69, 9.17) is 26.4 Å². The molecular formula is C25H22N4O5S. The smallest absolute Gasteiger partial charge is 0.272 e. The zero-order valence-electron chi connectivity index (χ0n) is 18.6. The van der Waals surface area contributed by atoms with Crippen LogP contribution < -0.4 is 20.1 Å². The zero-order valence-corrected chi connectivity index (χ0v) is 19.4. The molecule has 0 saturated carbocycles. The monoisotopic (exact) mass is 490 g/mol. The summed E-state index contributed by atoms with van der Waals surface area (Å²) in [5, 5.41) is 5.70. The topological polar surface area (TPSA) is 102 Å². The van der Waals surface area contributed by atoms with E-state index in [-0.39, 0.29) is 22.3 Å². The van der Waals surface area contributed by atoms with E-state index in [2.05, 4.69) is 15.6 Å². The quantitative estimate of drug-likeness (QED) is 0.538.